The number of anilines is 1. The molecular formula is C23H19BrClN3O3. The standard InChI is InChI=1S/C23H19BrClN3O3/c24-19-12-16(10-11-21(19)31-15-17-6-4-5-9-20(17)25)14-26-28-23(30)13-22(29)27-18-7-2-1-3-8-18/h1-12,14H,13,15H2,(H,27,29)(H,28,30). The van der Waals surface area contributed by atoms with Crippen LogP contribution >= 0.6 is 27.5 Å². The van der Waals surface area contributed by atoms with Gasteiger partial charge in [-0.25, -0.2) is 5.43 Å². The normalized spacial score (nSPS) is 10.6. The number of nitrogens with one attached hydrogen (secondary N) is 2. The first kappa shape index (κ1) is 22.5. The SMILES string of the molecule is O=C(CC(=O)Nc1ccccc1)NN=Cc1ccc(OCc2ccccc2Cl)c(Br)c1. The number of rotatable bonds is 8. The fourth-order valence-electron chi connectivity index (χ4n) is 2.58. The van der Waals surface area contributed by atoms with E-state index >= 15 is 0 Å². The number of amides is 2. The van der Waals surface area contributed by atoms with Gasteiger partial charge in [0.05, 0.1) is 10.7 Å². The molecule has 3 aromatic rings. The summed E-state index contributed by atoms with van der Waals surface area (Å²) in [5.41, 5.74) is 4.60. The minimum absolute atomic E-state index is 0.329. The summed E-state index contributed by atoms with van der Waals surface area (Å²) >= 11 is 9.61. The lowest BCUT2D eigenvalue weighted by Gasteiger charge is -2.10. The lowest BCUT2D eigenvalue weighted by atomic mass is 10.2. The van der Waals surface area contributed by atoms with Crippen LogP contribution in [0.25, 0.3) is 0 Å². The summed E-state index contributed by atoms with van der Waals surface area (Å²) in [6.07, 6.45) is 1.15. The van der Waals surface area contributed by atoms with Gasteiger partial charge >= 0.3 is 0 Å². The Morgan fingerprint density at radius 2 is 1.74 bits per heavy atom. The third kappa shape index (κ3) is 7.24. The van der Waals surface area contributed by atoms with E-state index in [1.54, 1.807) is 42.5 Å². The van der Waals surface area contributed by atoms with Crippen LogP contribution in [0.3, 0.4) is 0 Å². The molecule has 0 aliphatic carbocycles. The Bertz CT molecular complexity index is 1090. The molecule has 0 aliphatic heterocycles. The first-order valence-corrected chi connectivity index (χ1v) is 10.5. The molecule has 0 heterocycles. The van der Waals surface area contributed by atoms with Gasteiger partial charge in [-0.3, -0.25) is 9.59 Å². The fraction of sp³-hybridized carbons (Fsp3) is 0.0870. The van der Waals surface area contributed by atoms with Crippen LogP contribution in [0.4, 0.5) is 5.69 Å². The van der Waals surface area contributed by atoms with E-state index < -0.39 is 11.8 Å². The van der Waals surface area contributed by atoms with Crippen LogP contribution < -0.4 is 15.5 Å². The first-order valence-electron chi connectivity index (χ1n) is 9.34. The van der Waals surface area contributed by atoms with E-state index in [1.165, 1.54) is 6.21 Å². The maximum Gasteiger partial charge on any atom is 0.249 e. The smallest absolute Gasteiger partial charge is 0.249 e. The van der Waals surface area contributed by atoms with Crippen molar-refractivity contribution in [1.82, 2.24) is 5.43 Å². The third-order valence-electron chi connectivity index (χ3n) is 4.08. The van der Waals surface area contributed by atoms with Gasteiger partial charge < -0.3 is 10.1 Å². The molecule has 0 aromatic heterocycles. The molecule has 3 rings (SSSR count). The Morgan fingerprint density at radius 1 is 1.00 bits per heavy atom. The van der Waals surface area contributed by atoms with Gasteiger partial charge in [0, 0.05) is 16.3 Å². The van der Waals surface area contributed by atoms with Crippen LogP contribution in [0.2, 0.25) is 5.02 Å². The van der Waals surface area contributed by atoms with E-state index in [4.69, 9.17) is 16.3 Å². The Labute approximate surface area is 193 Å². The quantitative estimate of drug-likeness (QED) is 0.255. The van der Waals surface area contributed by atoms with Gasteiger partial charge in [-0.2, -0.15) is 5.10 Å². The van der Waals surface area contributed by atoms with Crippen molar-refractivity contribution in [3.05, 3.63) is 93.4 Å². The van der Waals surface area contributed by atoms with Gasteiger partial charge in [0.25, 0.3) is 0 Å². The molecule has 0 aliphatic rings. The largest absolute Gasteiger partial charge is 0.488 e. The molecule has 0 radical (unpaired) electrons. The molecule has 31 heavy (non-hydrogen) atoms. The Hall–Kier alpha value is -3.16. The van der Waals surface area contributed by atoms with Crippen molar-refractivity contribution >= 4 is 51.2 Å². The second kappa shape index (κ2) is 11.3. The number of carbonyl (C=O) groups is 2. The average Bonchev–Trinajstić information content (AvgIpc) is 2.75. The zero-order chi connectivity index (χ0) is 22.1. The van der Waals surface area contributed by atoms with Gasteiger partial charge in [-0.15, -0.1) is 0 Å². The molecule has 0 spiro atoms. The molecule has 2 N–H and O–H groups in total. The van der Waals surface area contributed by atoms with Crippen LogP contribution in [-0.4, -0.2) is 18.0 Å². The predicted octanol–water partition coefficient (Wildman–Crippen LogP) is 5.16. The molecule has 0 bridgehead atoms. The average molecular weight is 501 g/mol. The molecule has 158 valence electrons. The lowest BCUT2D eigenvalue weighted by Crippen LogP contribution is -2.24. The Kier molecular flexibility index (Phi) is 8.20. The third-order valence-corrected chi connectivity index (χ3v) is 5.07. The maximum atomic E-state index is 11.9. The molecule has 0 fully saturated rings. The van der Waals surface area contributed by atoms with Crippen molar-refractivity contribution in [1.29, 1.82) is 0 Å². The first-order chi connectivity index (χ1) is 15.0. The predicted molar refractivity (Wildman–Crippen MR) is 125 cm³/mol. The molecule has 0 saturated carbocycles. The topological polar surface area (TPSA) is 79.8 Å². The molecule has 8 heteroatoms. The number of hydrogen-bond donors (Lipinski definition) is 2. The summed E-state index contributed by atoms with van der Waals surface area (Å²) in [5.74, 6) is -0.274. The van der Waals surface area contributed by atoms with E-state index in [0.717, 1.165) is 15.6 Å². The van der Waals surface area contributed by atoms with Gasteiger partial charge in [-0.05, 0) is 57.9 Å². The minimum atomic E-state index is -0.511. The number of para-hydroxylation sites is 1. The van der Waals surface area contributed by atoms with Crippen LogP contribution in [0, 0.1) is 0 Å². The highest BCUT2D eigenvalue weighted by Gasteiger charge is 2.09. The number of ether oxygens (including phenoxy) is 1. The number of benzene rings is 3. The van der Waals surface area contributed by atoms with E-state index in [-0.39, 0.29) is 6.42 Å². The fourth-order valence-corrected chi connectivity index (χ4v) is 3.28. The van der Waals surface area contributed by atoms with Crippen molar-refractivity contribution < 1.29 is 14.3 Å². The van der Waals surface area contributed by atoms with Crippen molar-refractivity contribution in [3.8, 4) is 5.75 Å². The summed E-state index contributed by atoms with van der Waals surface area (Å²) in [6.45, 7) is 0.340. The Morgan fingerprint density at radius 3 is 2.48 bits per heavy atom. The molecule has 2 amide bonds. The zero-order valence-electron chi connectivity index (χ0n) is 16.3. The van der Waals surface area contributed by atoms with E-state index in [1.807, 2.05) is 30.3 Å². The number of hydrazone groups is 1. The van der Waals surface area contributed by atoms with Crippen LogP contribution in [0.1, 0.15) is 17.5 Å². The number of halogens is 2. The van der Waals surface area contributed by atoms with Crippen molar-refractivity contribution in [2.24, 2.45) is 5.10 Å². The summed E-state index contributed by atoms with van der Waals surface area (Å²) in [6, 6.07) is 21.8. The molecule has 0 atom stereocenters. The van der Waals surface area contributed by atoms with Crippen molar-refractivity contribution in [2.75, 3.05) is 5.32 Å². The number of nitrogens with zero attached hydrogens (tertiary/aromatic N) is 1. The summed E-state index contributed by atoms with van der Waals surface area (Å²) in [7, 11) is 0. The highest BCUT2D eigenvalue weighted by molar-refractivity contribution is 9.10. The second-order valence-corrected chi connectivity index (χ2v) is 7.72. The van der Waals surface area contributed by atoms with Gasteiger partial charge in [0.1, 0.15) is 18.8 Å². The van der Waals surface area contributed by atoms with Crippen LogP contribution in [-0.2, 0) is 16.2 Å². The monoisotopic (exact) mass is 499 g/mol. The second-order valence-electron chi connectivity index (χ2n) is 6.45. The van der Waals surface area contributed by atoms with Crippen molar-refractivity contribution in [2.45, 2.75) is 13.0 Å². The molecule has 0 unspecified atom stereocenters. The van der Waals surface area contributed by atoms with Crippen LogP contribution in [0.15, 0.2) is 82.4 Å². The van der Waals surface area contributed by atoms with E-state index in [2.05, 4.69) is 31.8 Å². The zero-order valence-corrected chi connectivity index (χ0v) is 18.7. The van der Waals surface area contributed by atoms with Gasteiger partial charge in [-0.1, -0.05) is 48.0 Å². The molecule has 6 nitrogen and oxygen atoms in total. The lowest BCUT2D eigenvalue weighted by molar-refractivity contribution is -0.126. The minimum Gasteiger partial charge on any atom is -0.488 e. The van der Waals surface area contributed by atoms with E-state index in [0.29, 0.717) is 23.1 Å². The summed E-state index contributed by atoms with van der Waals surface area (Å²) in [5, 5.41) is 7.18. The Balaban J connectivity index is 1.48. The van der Waals surface area contributed by atoms with Gasteiger partial charge in [0.2, 0.25) is 11.8 Å². The molecule has 3 aromatic carbocycles. The maximum absolute atomic E-state index is 11.9. The summed E-state index contributed by atoms with van der Waals surface area (Å²) in [4.78, 5) is 23.7. The highest BCUT2D eigenvalue weighted by atomic mass is 79.9. The number of hydrogen-bond acceptors (Lipinski definition) is 4. The van der Waals surface area contributed by atoms with Crippen LogP contribution in [0.5, 0.6) is 5.75 Å². The molecular weight excluding hydrogens is 482 g/mol. The highest BCUT2D eigenvalue weighted by Crippen LogP contribution is 2.27. The van der Waals surface area contributed by atoms with E-state index in [9.17, 15) is 9.59 Å². The summed E-state index contributed by atoms with van der Waals surface area (Å²) < 4.78 is 6.54. The molecule has 0 saturated heterocycles. The van der Waals surface area contributed by atoms with Gasteiger partial charge in [0.15, 0.2) is 0 Å². The number of carbonyl (C=O) groups excluding carboxylic acids is 2. The van der Waals surface area contributed by atoms with Crippen molar-refractivity contribution in [3.63, 3.8) is 0 Å².